The zero-order valence-corrected chi connectivity index (χ0v) is 12.2. The molecule has 1 aliphatic heterocycles. The van der Waals surface area contributed by atoms with Crippen molar-refractivity contribution in [3.63, 3.8) is 0 Å². The second-order valence-corrected chi connectivity index (χ2v) is 5.85. The van der Waals surface area contributed by atoms with Crippen LogP contribution < -0.4 is 20.1 Å². The summed E-state index contributed by atoms with van der Waals surface area (Å²) in [5, 5.41) is 6.94. The topological polar surface area (TPSA) is 55.4 Å². The molecule has 1 saturated carbocycles. The molecule has 0 atom stereocenters. The molecular weight excluding hydrogens is 254 g/mol. The maximum Gasteiger partial charge on any atom is 0.179 e. The van der Waals surface area contributed by atoms with E-state index >= 15 is 0 Å². The monoisotopic (exact) mass is 277 g/mol. The average Bonchev–Trinajstić information content (AvgIpc) is 2.37. The zero-order chi connectivity index (χ0) is 14.0. The number of pyridine rings is 1. The van der Waals surface area contributed by atoms with E-state index in [2.05, 4.69) is 15.6 Å². The Morgan fingerprint density at radius 1 is 1.40 bits per heavy atom. The number of nitrogens with one attached hydrogen (secondary N) is 2. The molecule has 3 rings (SSSR count). The smallest absolute Gasteiger partial charge is 0.179 e. The van der Waals surface area contributed by atoms with E-state index in [-0.39, 0.29) is 0 Å². The van der Waals surface area contributed by atoms with E-state index in [1.807, 2.05) is 13.0 Å². The van der Waals surface area contributed by atoms with Crippen LogP contribution in [0.5, 0.6) is 11.5 Å². The summed E-state index contributed by atoms with van der Waals surface area (Å²) in [4.78, 5) is 4.43. The van der Waals surface area contributed by atoms with Crippen LogP contribution in [-0.2, 0) is 6.54 Å². The zero-order valence-electron chi connectivity index (χ0n) is 12.2. The minimum atomic E-state index is 0.613. The normalized spacial score (nSPS) is 20.3. The van der Waals surface area contributed by atoms with Gasteiger partial charge in [0, 0.05) is 31.7 Å². The van der Waals surface area contributed by atoms with Crippen LogP contribution in [0.2, 0.25) is 0 Å². The molecule has 0 unspecified atom stereocenters. The minimum Gasteiger partial charge on any atom is -0.493 e. The molecule has 1 aromatic heterocycles. The molecule has 2 fully saturated rings. The highest BCUT2D eigenvalue weighted by molar-refractivity contribution is 5.38. The number of aromatic nitrogens is 1. The summed E-state index contributed by atoms with van der Waals surface area (Å²) in [6.07, 6.45) is 4.32. The van der Waals surface area contributed by atoms with Gasteiger partial charge in [0.15, 0.2) is 11.5 Å². The van der Waals surface area contributed by atoms with Gasteiger partial charge in [0.25, 0.3) is 0 Å². The first-order valence-corrected chi connectivity index (χ1v) is 7.34. The van der Waals surface area contributed by atoms with Crippen LogP contribution in [0.25, 0.3) is 0 Å². The molecule has 20 heavy (non-hydrogen) atoms. The number of ether oxygens (including phenoxy) is 2. The number of hydrogen-bond donors (Lipinski definition) is 2. The highest BCUT2D eigenvalue weighted by Crippen LogP contribution is 2.44. The Hall–Kier alpha value is -1.33. The molecule has 0 radical (unpaired) electrons. The third-order valence-electron chi connectivity index (χ3n) is 4.34. The molecule has 1 aromatic rings. The lowest BCUT2D eigenvalue weighted by atomic mass is 9.62. The molecule has 1 saturated heterocycles. The molecule has 2 aliphatic rings. The van der Waals surface area contributed by atoms with Crippen molar-refractivity contribution in [3.8, 4) is 11.5 Å². The van der Waals surface area contributed by atoms with Crippen molar-refractivity contribution < 1.29 is 9.47 Å². The SMILES string of the molecule is CCOc1cnc(CNC2CC3(CNC3)C2)cc1OC. The Kier molecular flexibility index (Phi) is 3.81. The lowest BCUT2D eigenvalue weighted by molar-refractivity contribution is 0.0228. The van der Waals surface area contributed by atoms with E-state index in [4.69, 9.17) is 9.47 Å². The molecule has 0 amide bonds. The largest absolute Gasteiger partial charge is 0.493 e. The molecule has 2 heterocycles. The molecule has 1 aliphatic carbocycles. The van der Waals surface area contributed by atoms with Gasteiger partial charge in [0.1, 0.15) is 0 Å². The van der Waals surface area contributed by atoms with Gasteiger partial charge < -0.3 is 20.1 Å². The highest BCUT2D eigenvalue weighted by atomic mass is 16.5. The lowest BCUT2D eigenvalue weighted by Gasteiger charge is -2.54. The maximum absolute atomic E-state index is 5.48. The van der Waals surface area contributed by atoms with Crippen LogP contribution in [0, 0.1) is 5.41 Å². The fourth-order valence-electron chi connectivity index (χ4n) is 3.13. The third-order valence-corrected chi connectivity index (χ3v) is 4.34. The predicted molar refractivity (Wildman–Crippen MR) is 77.1 cm³/mol. The predicted octanol–water partition coefficient (Wildman–Crippen LogP) is 1.33. The van der Waals surface area contributed by atoms with Crippen molar-refractivity contribution in [1.29, 1.82) is 0 Å². The molecule has 0 aromatic carbocycles. The number of rotatable bonds is 6. The summed E-state index contributed by atoms with van der Waals surface area (Å²) < 4.78 is 10.8. The van der Waals surface area contributed by atoms with Crippen molar-refractivity contribution >= 4 is 0 Å². The molecule has 5 nitrogen and oxygen atoms in total. The van der Waals surface area contributed by atoms with Crippen LogP contribution in [0.4, 0.5) is 0 Å². The molecular formula is C15H23N3O2. The minimum absolute atomic E-state index is 0.613. The Balaban J connectivity index is 1.52. The first-order chi connectivity index (χ1) is 9.74. The fourth-order valence-corrected chi connectivity index (χ4v) is 3.13. The van der Waals surface area contributed by atoms with Crippen LogP contribution in [0.15, 0.2) is 12.3 Å². The Labute approximate surface area is 120 Å². The van der Waals surface area contributed by atoms with E-state index in [0.717, 1.165) is 18.0 Å². The van der Waals surface area contributed by atoms with Gasteiger partial charge >= 0.3 is 0 Å². The van der Waals surface area contributed by atoms with Gasteiger partial charge in [-0.2, -0.15) is 0 Å². The molecule has 2 N–H and O–H groups in total. The number of nitrogens with zero attached hydrogens (tertiary/aromatic N) is 1. The summed E-state index contributed by atoms with van der Waals surface area (Å²) in [5.41, 5.74) is 1.61. The molecule has 0 bridgehead atoms. The highest BCUT2D eigenvalue weighted by Gasteiger charge is 2.47. The summed E-state index contributed by atoms with van der Waals surface area (Å²) in [7, 11) is 1.66. The van der Waals surface area contributed by atoms with E-state index < -0.39 is 0 Å². The van der Waals surface area contributed by atoms with Crippen LogP contribution in [-0.4, -0.2) is 37.8 Å². The lowest BCUT2D eigenvalue weighted by Crippen LogP contribution is -2.64. The quantitative estimate of drug-likeness (QED) is 0.821. The summed E-state index contributed by atoms with van der Waals surface area (Å²) in [5.74, 6) is 1.47. The summed E-state index contributed by atoms with van der Waals surface area (Å²) >= 11 is 0. The van der Waals surface area contributed by atoms with Gasteiger partial charge in [-0.15, -0.1) is 0 Å². The van der Waals surface area contributed by atoms with Gasteiger partial charge in [-0.05, 0) is 25.2 Å². The Morgan fingerprint density at radius 2 is 2.20 bits per heavy atom. The second-order valence-electron chi connectivity index (χ2n) is 5.85. The van der Waals surface area contributed by atoms with E-state index in [1.54, 1.807) is 13.3 Å². The van der Waals surface area contributed by atoms with Crippen LogP contribution in [0.3, 0.4) is 0 Å². The third kappa shape index (κ3) is 2.60. The first-order valence-electron chi connectivity index (χ1n) is 7.34. The Morgan fingerprint density at radius 3 is 2.80 bits per heavy atom. The van der Waals surface area contributed by atoms with Gasteiger partial charge in [-0.3, -0.25) is 4.98 Å². The number of methoxy groups -OCH3 is 1. The molecule has 110 valence electrons. The Bertz CT molecular complexity index is 466. The number of hydrogen-bond acceptors (Lipinski definition) is 5. The van der Waals surface area contributed by atoms with Crippen molar-refractivity contribution in [3.05, 3.63) is 18.0 Å². The summed E-state index contributed by atoms with van der Waals surface area (Å²) in [6.45, 7) is 5.75. The van der Waals surface area contributed by atoms with E-state index in [9.17, 15) is 0 Å². The van der Waals surface area contributed by atoms with Crippen molar-refractivity contribution in [2.24, 2.45) is 5.41 Å². The van der Waals surface area contributed by atoms with Crippen molar-refractivity contribution in [2.45, 2.75) is 32.4 Å². The van der Waals surface area contributed by atoms with Crippen molar-refractivity contribution in [1.82, 2.24) is 15.6 Å². The molecule has 1 spiro atoms. The fraction of sp³-hybridized carbons (Fsp3) is 0.667. The van der Waals surface area contributed by atoms with Gasteiger partial charge in [-0.1, -0.05) is 0 Å². The standard InChI is InChI=1S/C15H23N3O2/c1-3-20-14-8-18-11(4-13(14)19-2)7-17-12-5-15(6-12)9-16-10-15/h4,8,12,16-17H,3,5-7,9-10H2,1-2H3. The van der Waals surface area contributed by atoms with Gasteiger partial charge in [0.05, 0.1) is 25.6 Å². The molecule has 5 heteroatoms. The second kappa shape index (κ2) is 5.58. The van der Waals surface area contributed by atoms with Gasteiger partial charge in [-0.25, -0.2) is 0 Å². The maximum atomic E-state index is 5.48. The van der Waals surface area contributed by atoms with Gasteiger partial charge in [0.2, 0.25) is 0 Å². The first kappa shape index (κ1) is 13.6. The average molecular weight is 277 g/mol. The van der Waals surface area contributed by atoms with Crippen LogP contribution in [0.1, 0.15) is 25.5 Å². The van der Waals surface area contributed by atoms with Crippen LogP contribution >= 0.6 is 0 Å². The summed E-state index contributed by atoms with van der Waals surface area (Å²) in [6, 6.07) is 2.59. The van der Waals surface area contributed by atoms with E-state index in [0.29, 0.717) is 23.8 Å². The van der Waals surface area contributed by atoms with E-state index in [1.165, 1.54) is 25.9 Å². The van der Waals surface area contributed by atoms with Crippen molar-refractivity contribution in [2.75, 3.05) is 26.8 Å².